The predicted molar refractivity (Wildman–Crippen MR) is 49.1 cm³/mol. The molecule has 0 atom stereocenters. The first kappa shape index (κ1) is 9.30. The highest BCUT2D eigenvalue weighted by molar-refractivity contribution is 5.23. The number of nitrogens with zero attached hydrogens (tertiary/aromatic N) is 3. The minimum absolute atomic E-state index is 0.296. The molecule has 0 spiro atoms. The summed E-state index contributed by atoms with van der Waals surface area (Å²) in [6.45, 7) is 0. The van der Waals surface area contributed by atoms with Gasteiger partial charge >= 0.3 is 6.08 Å². The van der Waals surface area contributed by atoms with Crippen molar-refractivity contribution in [2.75, 3.05) is 5.32 Å². The smallest absolute Gasteiger partial charge is 0.314 e. The molecular formula is C9H12FN4. The van der Waals surface area contributed by atoms with Crippen molar-refractivity contribution in [2.24, 2.45) is 0 Å². The highest BCUT2D eigenvalue weighted by Gasteiger charge is 2.14. The average molecular weight is 195 g/mol. The SMILES string of the molecule is Fc1n[c]nc(NC2CCCCC2)n1. The van der Waals surface area contributed by atoms with Gasteiger partial charge in [-0.25, -0.2) is 0 Å². The molecule has 1 aliphatic carbocycles. The van der Waals surface area contributed by atoms with Gasteiger partial charge in [0, 0.05) is 6.04 Å². The molecule has 0 amide bonds. The summed E-state index contributed by atoms with van der Waals surface area (Å²) < 4.78 is 12.6. The zero-order valence-electron chi connectivity index (χ0n) is 7.83. The second-order valence-electron chi connectivity index (χ2n) is 3.51. The third-order valence-corrected chi connectivity index (χ3v) is 2.43. The summed E-state index contributed by atoms with van der Waals surface area (Å²) in [5.41, 5.74) is 0. The maximum atomic E-state index is 12.6. The number of rotatable bonds is 2. The first-order valence-electron chi connectivity index (χ1n) is 4.89. The molecule has 1 aliphatic rings. The normalized spacial score (nSPS) is 18.1. The second kappa shape index (κ2) is 4.30. The standard InChI is InChI=1S/C9H12FN4/c10-8-11-6-12-9(14-8)13-7-4-2-1-3-5-7/h7H,1-5H2,(H,11,12,13,14). The molecule has 1 heterocycles. The van der Waals surface area contributed by atoms with Gasteiger partial charge in [-0.3, -0.25) is 0 Å². The van der Waals surface area contributed by atoms with Gasteiger partial charge in [0.05, 0.1) is 0 Å². The fourth-order valence-corrected chi connectivity index (χ4v) is 1.75. The molecule has 2 rings (SSSR count). The Balaban J connectivity index is 1.95. The summed E-state index contributed by atoms with van der Waals surface area (Å²) in [6.07, 6.45) is 7.37. The third-order valence-electron chi connectivity index (χ3n) is 2.43. The van der Waals surface area contributed by atoms with Crippen LogP contribution in [-0.2, 0) is 0 Å². The molecule has 0 bridgehead atoms. The van der Waals surface area contributed by atoms with Gasteiger partial charge in [-0.2, -0.15) is 19.3 Å². The van der Waals surface area contributed by atoms with E-state index in [9.17, 15) is 4.39 Å². The van der Waals surface area contributed by atoms with Crippen LogP contribution in [-0.4, -0.2) is 21.0 Å². The molecular weight excluding hydrogens is 183 g/mol. The average Bonchev–Trinajstić information content (AvgIpc) is 2.19. The number of aromatic nitrogens is 3. The lowest BCUT2D eigenvalue weighted by molar-refractivity contribution is 0.458. The first-order chi connectivity index (χ1) is 6.84. The Kier molecular flexibility index (Phi) is 2.86. The predicted octanol–water partition coefficient (Wildman–Crippen LogP) is 1.56. The Labute approximate surface area is 82.0 Å². The molecule has 0 aromatic carbocycles. The van der Waals surface area contributed by atoms with Crippen molar-refractivity contribution in [1.29, 1.82) is 0 Å². The molecule has 1 aromatic rings. The third kappa shape index (κ3) is 2.37. The van der Waals surface area contributed by atoms with Gasteiger partial charge in [0.25, 0.3) is 0 Å². The summed E-state index contributed by atoms with van der Waals surface area (Å²) in [5.74, 6) is 0.296. The van der Waals surface area contributed by atoms with E-state index in [2.05, 4.69) is 26.6 Å². The topological polar surface area (TPSA) is 50.7 Å². The van der Waals surface area contributed by atoms with Crippen LogP contribution in [0.5, 0.6) is 0 Å². The van der Waals surface area contributed by atoms with Gasteiger partial charge in [0.2, 0.25) is 12.3 Å². The lowest BCUT2D eigenvalue weighted by Crippen LogP contribution is -2.23. The van der Waals surface area contributed by atoms with E-state index in [0.29, 0.717) is 12.0 Å². The molecule has 1 aromatic heterocycles. The molecule has 0 saturated heterocycles. The number of halogens is 1. The maximum Gasteiger partial charge on any atom is 0.314 e. The number of nitrogens with one attached hydrogen (secondary N) is 1. The van der Waals surface area contributed by atoms with Crippen molar-refractivity contribution in [3.8, 4) is 0 Å². The number of hydrogen-bond donors (Lipinski definition) is 1. The highest BCUT2D eigenvalue weighted by Crippen LogP contribution is 2.19. The quantitative estimate of drug-likeness (QED) is 0.778. The van der Waals surface area contributed by atoms with Crippen LogP contribution in [0, 0.1) is 12.4 Å². The van der Waals surface area contributed by atoms with Crippen molar-refractivity contribution in [3.05, 3.63) is 12.4 Å². The fraction of sp³-hybridized carbons (Fsp3) is 0.667. The summed E-state index contributed by atoms with van der Waals surface area (Å²) in [7, 11) is 0. The summed E-state index contributed by atoms with van der Waals surface area (Å²) in [5, 5.41) is 3.09. The Morgan fingerprint density at radius 1 is 1.21 bits per heavy atom. The highest BCUT2D eigenvalue weighted by atomic mass is 19.1. The van der Waals surface area contributed by atoms with Crippen LogP contribution in [0.3, 0.4) is 0 Å². The van der Waals surface area contributed by atoms with Gasteiger partial charge in [0.15, 0.2) is 0 Å². The van der Waals surface area contributed by atoms with E-state index < -0.39 is 6.08 Å². The van der Waals surface area contributed by atoms with E-state index in [-0.39, 0.29) is 0 Å². The zero-order valence-corrected chi connectivity index (χ0v) is 7.83. The van der Waals surface area contributed by atoms with Gasteiger partial charge in [-0.05, 0) is 12.8 Å². The Hall–Kier alpha value is -1.26. The van der Waals surface area contributed by atoms with Gasteiger partial charge in [-0.1, -0.05) is 19.3 Å². The van der Waals surface area contributed by atoms with E-state index in [1.165, 1.54) is 19.3 Å². The zero-order chi connectivity index (χ0) is 9.80. The van der Waals surface area contributed by atoms with Crippen molar-refractivity contribution in [2.45, 2.75) is 38.1 Å². The summed E-state index contributed by atoms with van der Waals surface area (Å²) >= 11 is 0. The molecule has 0 aliphatic heterocycles. The van der Waals surface area contributed by atoms with Crippen LogP contribution in [0.15, 0.2) is 0 Å². The van der Waals surface area contributed by atoms with Gasteiger partial charge in [-0.15, -0.1) is 0 Å². The molecule has 14 heavy (non-hydrogen) atoms. The first-order valence-corrected chi connectivity index (χ1v) is 4.89. The molecule has 75 valence electrons. The number of hydrogen-bond acceptors (Lipinski definition) is 4. The van der Waals surface area contributed by atoms with Gasteiger partial charge in [0.1, 0.15) is 0 Å². The van der Waals surface area contributed by atoms with E-state index >= 15 is 0 Å². The van der Waals surface area contributed by atoms with E-state index in [0.717, 1.165) is 12.8 Å². The summed E-state index contributed by atoms with van der Waals surface area (Å²) in [6, 6.07) is 0.374. The fourth-order valence-electron chi connectivity index (χ4n) is 1.75. The van der Waals surface area contributed by atoms with Gasteiger partial charge < -0.3 is 5.32 Å². The minimum Gasteiger partial charge on any atom is -0.351 e. The molecule has 1 saturated carbocycles. The summed E-state index contributed by atoms with van der Waals surface area (Å²) in [4.78, 5) is 10.5. The Bertz CT molecular complexity index is 299. The Morgan fingerprint density at radius 3 is 2.71 bits per heavy atom. The largest absolute Gasteiger partial charge is 0.351 e. The van der Waals surface area contributed by atoms with E-state index in [1.54, 1.807) is 0 Å². The van der Waals surface area contributed by atoms with Crippen LogP contribution in [0.2, 0.25) is 0 Å². The maximum absolute atomic E-state index is 12.6. The van der Waals surface area contributed by atoms with Crippen molar-refractivity contribution in [1.82, 2.24) is 15.0 Å². The van der Waals surface area contributed by atoms with Crippen LogP contribution in [0.4, 0.5) is 10.3 Å². The lowest BCUT2D eigenvalue weighted by atomic mass is 9.96. The molecule has 1 radical (unpaired) electrons. The second-order valence-corrected chi connectivity index (χ2v) is 3.51. The van der Waals surface area contributed by atoms with Crippen LogP contribution in [0.25, 0.3) is 0 Å². The molecule has 0 unspecified atom stereocenters. The molecule has 1 fully saturated rings. The monoisotopic (exact) mass is 195 g/mol. The lowest BCUT2D eigenvalue weighted by Gasteiger charge is -2.22. The van der Waals surface area contributed by atoms with Crippen molar-refractivity contribution < 1.29 is 4.39 Å². The molecule has 1 N–H and O–H groups in total. The van der Waals surface area contributed by atoms with E-state index in [1.807, 2.05) is 0 Å². The van der Waals surface area contributed by atoms with E-state index in [4.69, 9.17) is 0 Å². The molecule has 5 heteroatoms. The van der Waals surface area contributed by atoms with Crippen LogP contribution in [0.1, 0.15) is 32.1 Å². The van der Waals surface area contributed by atoms with Crippen molar-refractivity contribution >= 4 is 5.95 Å². The van der Waals surface area contributed by atoms with Crippen LogP contribution < -0.4 is 5.32 Å². The van der Waals surface area contributed by atoms with Crippen LogP contribution >= 0.6 is 0 Å². The Morgan fingerprint density at radius 2 is 2.00 bits per heavy atom. The minimum atomic E-state index is -0.779. The molecule has 4 nitrogen and oxygen atoms in total. The number of anilines is 1. The van der Waals surface area contributed by atoms with Crippen molar-refractivity contribution in [3.63, 3.8) is 0 Å².